The van der Waals surface area contributed by atoms with Crippen molar-refractivity contribution in [2.45, 2.75) is 30.7 Å². The third kappa shape index (κ3) is 3.73. The van der Waals surface area contributed by atoms with Crippen molar-refractivity contribution in [3.8, 4) is 5.75 Å². The van der Waals surface area contributed by atoms with E-state index in [2.05, 4.69) is 20.6 Å². The summed E-state index contributed by atoms with van der Waals surface area (Å²) in [6, 6.07) is 20.3. The van der Waals surface area contributed by atoms with Crippen molar-refractivity contribution in [2.75, 3.05) is 11.9 Å². The monoisotopic (exact) mass is 473 g/mol. The van der Waals surface area contributed by atoms with Crippen molar-refractivity contribution < 1.29 is 13.2 Å². The summed E-state index contributed by atoms with van der Waals surface area (Å²) in [5.74, 6) is 1.27. The molecule has 9 heteroatoms. The van der Waals surface area contributed by atoms with Gasteiger partial charge in [-0.3, -0.25) is 0 Å². The molecule has 34 heavy (non-hydrogen) atoms. The Kier molecular flexibility index (Phi) is 5.41. The van der Waals surface area contributed by atoms with Crippen molar-refractivity contribution in [1.29, 1.82) is 0 Å². The van der Waals surface area contributed by atoms with Crippen LogP contribution in [0.3, 0.4) is 0 Å². The van der Waals surface area contributed by atoms with Gasteiger partial charge in [-0.05, 0) is 74.4 Å². The Morgan fingerprint density at radius 1 is 1.00 bits per heavy atom. The van der Waals surface area contributed by atoms with Gasteiger partial charge >= 0.3 is 0 Å². The molecule has 0 bridgehead atoms. The molecule has 0 aliphatic rings. The highest BCUT2D eigenvalue weighted by atomic mass is 32.2. The lowest BCUT2D eigenvalue weighted by Gasteiger charge is -2.11. The number of ether oxygens (including phenoxy) is 1. The summed E-state index contributed by atoms with van der Waals surface area (Å²) in [5, 5.41) is 12.1. The minimum absolute atomic E-state index is 0.160. The maximum atomic E-state index is 13.6. The molecule has 1 N–H and O–H groups in total. The van der Waals surface area contributed by atoms with Crippen LogP contribution in [-0.2, 0) is 9.84 Å². The van der Waals surface area contributed by atoms with Crippen molar-refractivity contribution in [2.24, 2.45) is 0 Å². The maximum absolute atomic E-state index is 13.6. The van der Waals surface area contributed by atoms with Crippen LogP contribution in [0.15, 0.2) is 76.7 Å². The van der Waals surface area contributed by atoms with Gasteiger partial charge in [0.2, 0.25) is 14.9 Å². The van der Waals surface area contributed by atoms with Crippen LogP contribution in [0.5, 0.6) is 5.75 Å². The molecule has 8 nitrogen and oxygen atoms in total. The zero-order valence-corrected chi connectivity index (χ0v) is 19.8. The van der Waals surface area contributed by atoms with E-state index >= 15 is 0 Å². The second-order valence-electron chi connectivity index (χ2n) is 7.96. The minimum Gasteiger partial charge on any atom is -0.494 e. The highest BCUT2D eigenvalue weighted by molar-refractivity contribution is 7.91. The van der Waals surface area contributed by atoms with Crippen LogP contribution in [0.4, 0.5) is 11.5 Å². The molecule has 0 radical (unpaired) electrons. The van der Waals surface area contributed by atoms with E-state index in [1.54, 1.807) is 19.1 Å². The Morgan fingerprint density at radius 3 is 2.53 bits per heavy atom. The summed E-state index contributed by atoms with van der Waals surface area (Å²) in [6.45, 7) is 6.13. The standard InChI is InChI=1S/C25H23N5O3S/c1-4-33-19-13-11-18(12-14-19)26-23-20-7-5-6-8-21(20)30-24(27-23)25(28-29-30)34(31,32)22-15-16(2)9-10-17(22)3/h5-15H,4H2,1-3H3,(H,26,27). The lowest BCUT2D eigenvalue weighted by Crippen LogP contribution is -2.07. The number of fused-ring (bicyclic) bond motifs is 3. The Labute approximate surface area is 197 Å². The molecule has 0 unspecified atom stereocenters. The van der Waals surface area contributed by atoms with Gasteiger partial charge in [-0.2, -0.15) is 4.52 Å². The first-order chi connectivity index (χ1) is 16.4. The van der Waals surface area contributed by atoms with Crippen LogP contribution in [0.2, 0.25) is 0 Å². The van der Waals surface area contributed by atoms with E-state index in [1.165, 1.54) is 4.52 Å². The Bertz CT molecular complexity index is 1630. The lowest BCUT2D eigenvalue weighted by molar-refractivity contribution is 0.340. The Balaban J connectivity index is 1.68. The van der Waals surface area contributed by atoms with Gasteiger partial charge in [-0.25, -0.2) is 13.4 Å². The van der Waals surface area contributed by atoms with Gasteiger partial charge in [0, 0.05) is 11.1 Å². The van der Waals surface area contributed by atoms with E-state index in [-0.39, 0.29) is 15.6 Å². The second-order valence-corrected chi connectivity index (χ2v) is 9.80. The fraction of sp³-hybridized carbons (Fsp3) is 0.160. The highest BCUT2D eigenvalue weighted by Gasteiger charge is 2.28. The number of anilines is 2. The number of para-hydroxylation sites is 1. The molecular formula is C25H23N5O3S. The zero-order valence-electron chi connectivity index (χ0n) is 19.0. The summed E-state index contributed by atoms with van der Waals surface area (Å²) in [7, 11) is -3.95. The minimum atomic E-state index is -3.95. The van der Waals surface area contributed by atoms with Gasteiger partial charge in [0.15, 0.2) is 5.65 Å². The molecule has 2 heterocycles. The number of aryl methyl sites for hydroxylation is 2. The van der Waals surface area contributed by atoms with E-state index in [0.29, 0.717) is 23.5 Å². The number of hydrogen-bond donors (Lipinski definition) is 1. The Morgan fingerprint density at radius 2 is 1.76 bits per heavy atom. The molecule has 2 aromatic heterocycles. The number of nitrogens with one attached hydrogen (secondary N) is 1. The number of rotatable bonds is 6. The van der Waals surface area contributed by atoms with Crippen LogP contribution in [0.1, 0.15) is 18.1 Å². The predicted molar refractivity (Wildman–Crippen MR) is 131 cm³/mol. The van der Waals surface area contributed by atoms with Gasteiger partial charge < -0.3 is 10.1 Å². The summed E-state index contributed by atoms with van der Waals surface area (Å²) >= 11 is 0. The fourth-order valence-electron chi connectivity index (χ4n) is 3.85. The quantitative estimate of drug-likeness (QED) is 0.376. The number of hydrogen-bond acceptors (Lipinski definition) is 7. The first-order valence-corrected chi connectivity index (χ1v) is 12.3. The van der Waals surface area contributed by atoms with Crippen LogP contribution in [0, 0.1) is 13.8 Å². The molecule has 0 saturated heterocycles. The van der Waals surface area contributed by atoms with E-state index in [1.807, 2.05) is 68.4 Å². The van der Waals surface area contributed by atoms with Crippen LogP contribution < -0.4 is 10.1 Å². The number of nitrogens with zero attached hydrogens (tertiary/aromatic N) is 4. The smallest absolute Gasteiger partial charge is 0.229 e. The van der Waals surface area contributed by atoms with E-state index < -0.39 is 9.84 Å². The van der Waals surface area contributed by atoms with E-state index in [4.69, 9.17) is 4.74 Å². The van der Waals surface area contributed by atoms with E-state index in [0.717, 1.165) is 22.4 Å². The van der Waals surface area contributed by atoms with E-state index in [9.17, 15) is 8.42 Å². The van der Waals surface area contributed by atoms with Crippen LogP contribution in [0.25, 0.3) is 16.6 Å². The molecule has 172 valence electrons. The SMILES string of the molecule is CCOc1ccc(Nc2nc3c(S(=O)(=O)c4cc(C)ccc4C)nnn3c3ccccc23)cc1. The predicted octanol–water partition coefficient (Wildman–Crippen LogP) is 4.87. The first-order valence-electron chi connectivity index (χ1n) is 10.8. The largest absolute Gasteiger partial charge is 0.494 e. The maximum Gasteiger partial charge on any atom is 0.229 e. The molecule has 0 atom stereocenters. The summed E-state index contributed by atoms with van der Waals surface area (Å²) in [4.78, 5) is 4.88. The normalized spacial score (nSPS) is 11.7. The van der Waals surface area contributed by atoms with Gasteiger partial charge in [-0.1, -0.05) is 29.5 Å². The van der Waals surface area contributed by atoms with Gasteiger partial charge in [0.05, 0.1) is 17.0 Å². The van der Waals surface area contributed by atoms with Crippen molar-refractivity contribution in [1.82, 2.24) is 19.8 Å². The summed E-state index contributed by atoms with van der Waals surface area (Å²) < 4.78 is 34.2. The summed E-state index contributed by atoms with van der Waals surface area (Å²) in [6.07, 6.45) is 0. The average molecular weight is 474 g/mol. The van der Waals surface area contributed by atoms with Crippen molar-refractivity contribution in [3.05, 3.63) is 77.9 Å². The Hall–Kier alpha value is -3.98. The van der Waals surface area contributed by atoms with Crippen LogP contribution >= 0.6 is 0 Å². The van der Waals surface area contributed by atoms with Crippen LogP contribution in [-0.4, -0.2) is 34.8 Å². The number of aromatic nitrogens is 4. The molecule has 0 saturated carbocycles. The van der Waals surface area contributed by atoms with Gasteiger partial charge in [0.1, 0.15) is 11.6 Å². The molecule has 0 amide bonds. The summed E-state index contributed by atoms with van der Waals surface area (Å²) in [5.41, 5.74) is 3.12. The van der Waals surface area contributed by atoms with Crippen molar-refractivity contribution in [3.63, 3.8) is 0 Å². The molecule has 0 aliphatic heterocycles. The average Bonchev–Trinajstić information content (AvgIpc) is 3.27. The zero-order chi connectivity index (χ0) is 23.9. The molecule has 0 fully saturated rings. The first kappa shape index (κ1) is 21.8. The van der Waals surface area contributed by atoms with Gasteiger partial charge in [0.25, 0.3) is 0 Å². The van der Waals surface area contributed by atoms with Crippen molar-refractivity contribution >= 4 is 37.9 Å². The third-order valence-corrected chi connectivity index (χ3v) is 7.33. The third-order valence-electron chi connectivity index (χ3n) is 5.54. The topological polar surface area (TPSA) is 98.5 Å². The molecule has 0 spiro atoms. The fourth-order valence-corrected chi connectivity index (χ4v) is 5.41. The lowest BCUT2D eigenvalue weighted by atomic mass is 10.2. The highest BCUT2D eigenvalue weighted by Crippen LogP contribution is 2.31. The number of benzene rings is 3. The van der Waals surface area contributed by atoms with Gasteiger partial charge in [-0.15, -0.1) is 5.10 Å². The molecule has 0 aliphatic carbocycles. The molecule has 3 aromatic carbocycles. The molecular weight excluding hydrogens is 450 g/mol. The molecule has 5 rings (SSSR count). The second kappa shape index (κ2) is 8.42. The molecule has 5 aromatic rings. The number of sulfone groups is 1.